The Bertz CT molecular complexity index is 1180. The van der Waals surface area contributed by atoms with Crippen molar-refractivity contribution in [2.24, 2.45) is 13.0 Å². The molecule has 0 saturated carbocycles. The van der Waals surface area contributed by atoms with Crippen LogP contribution in [0.25, 0.3) is 10.2 Å². The Labute approximate surface area is 184 Å². The van der Waals surface area contributed by atoms with Crippen molar-refractivity contribution in [1.29, 1.82) is 0 Å². The third-order valence-corrected chi connectivity index (χ3v) is 6.60. The van der Waals surface area contributed by atoms with E-state index in [4.69, 9.17) is 4.98 Å². The SMILES string of the molecule is Cn1ccc(Nc2ccccc2NC(=O)C2CCCN(c3nc4ccccc4s3)C2)n1. The Morgan fingerprint density at radius 2 is 1.90 bits per heavy atom. The monoisotopic (exact) mass is 432 g/mol. The number of aromatic nitrogens is 3. The van der Waals surface area contributed by atoms with Crippen molar-refractivity contribution in [3.05, 3.63) is 60.8 Å². The molecule has 0 aliphatic carbocycles. The van der Waals surface area contributed by atoms with Gasteiger partial charge in [0.05, 0.1) is 27.5 Å². The molecule has 158 valence electrons. The van der Waals surface area contributed by atoms with E-state index in [1.165, 1.54) is 4.70 Å². The van der Waals surface area contributed by atoms with Crippen LogP contribution < -0.4 is 15.5 Å². The zero-order valence-electron chi connectivity index (χ0n) is 17.3. The van der Waals surface area contributed by atoms with E-state index in [1.54, 1.807) is 16.0 Å². The van der Waals surface area contributed by atoms with Gasteiger partial charge in [0.25, 0.3) is 0 Å². The van der Waals surface area contributed by atoms with Gasteiger partial charge < -0.3 is 15.5 Å². The third kappa shape index (κ3) is 4.25. The summed E-state index contributed by atoms with van der Waals surface area (Å²) in [7, 11) is 1.87. The van der Waals surface area contributed by atoms with E-state index in [9.17, 15) is 4.79 Å². The van der Waals surface area contributed by atoms with E-state index in [0.717, 1.165) is 47.2 Å². The fourth-order valence-corrected chi connectivity index (χ4v) is 4.92. The van der Waals surface area contributed by atoms with Gasteiger partial charge in [-0.3, -0.25) is 9.48 Å². The predicted octanol–water partition coefficient (Wildman–Crippen LogP) is 4.63. The van der Waals surface area contributed by atoms with Crippen LogP contribution in [-0.4, -0.2) is 33.8 Å². The summed E-state index contributed by atoms with van der Waals surface area (Å²) in [5, 5.41) is 11.8. The molecular weight excluding hydrogens is 408 g/mol. The first-order valence-corrected chi connectivity index (χ1v) is 11.2. The number of nitrogens with one attached hydrogen (secondary N) is 2. The molecule has 4 aromatic rings. The first kappa shape index (κ1) is 19.6. The highest BCUT2D eigenvalue weighted by atomic mass is 32.1. The number of carbonyl (C=O) groups is 1. The second-order valence-corrected chi connectivity index (χ2v) is 8.79. The van der Waals surface area contributed by atoms with Crippen LogP contribution in [-0.2, 0) is 11.8 Å². The highest BCUT2D eigenvalue weighted by Crippen LogP contribution is 2.32. The number of thiazole rings is 1. The van der Waals surface area contributed by atoms with E-state index in [0.29, 0.717) is 6.54 Å². The molecule has 5 rings (SSSR count). The van der Waals surface area contributed by atoms with Crippen LogP contribution in [0.5, 0.6) is 0 Å². The standard InChI is InChI=1S/C23H24N6OS/c1-28-14-12-21(27-28)24-17-8-2-3-9-18(17)25-22(30)16-7-6-13-29(15-16)23-26-19-10-4-5-11-20(19)31-23/h2-5,8-12,14,16H,6-7,13,15H2,1H3,(H,24,27)(H,25,30). The number of benzene rings is 2. The molecule has 1 saturated heterocycles. The maximum absolute atomic E-state index is 13.1. The lowest BCUT2D eigenvalue weighted by Crippen LogP contribution is -2.40. The van der Waals surface area contributed by atoms with Crippen LogP contribution in [0.2, 0.25) is 0 Å². The number of hydrogen-bond acceptors (Lipinski definition) is 6. The van der Waals surface area contributed by atoms with Gasteiger partial charge in [-0.15, -0.1) is 0 Å². The Hall–Kier alpha value is -3.39. The van der Waals surface area contributed by atoms with E-state index in [1.807, 2.05) is 61.8 Å². The molecule has 2 aromatic carbocycles. The lowest BCUT2D eigenvalue weighted by Gasteiger charge is -2.31. The number of anilines is 4. The lowest BCUT2D eigenvalue weighted by atomic mass is 9.97. The second-order valence-electron chi connectivity index (χ2n) is 7.78. The zero-order chi connectivity index (χ0) is 21.2. The molecule has 0 bridgehead atoms. The molecule has 8 heteroatoms. The molecule has 3 heterocycles. The topological polar surface area (TPSA) is 75.1 Å². The number of fused-ring (bicyclic) bond motifs is 1. The van der Waals surface area contributed by atoms with Gasteiger partial charge in [-0.25, -0.2) is 4.98 Å². The highest BCUT2D eigenvalue weighted by molar-refractivity contribution is 7.22. The minimum Gasteiger partial charge on any atom is -0.347 e. The molecule has 0 radical (unpaired) electrons. The zero-order valence-corrected chi connectivity index (χ0v) is 18.1. The van der Waals surface area contributed by atoms with Crippen LogP contribution in [0.1, 0.15) is 12.8 Å². The minimum absolute atomic E-state index is 0.0427. The van der Waals surface area contributed by atoms with Crippen molar-refractivity contribution in [2.45, 2.75) is 12.8 Å². The highest BCUT2D eigenvalue weighted by Gasteiger charge is 2.28. The molecule has 0 spiro atoms. The molecule has 1 atom stereocenters. The summed E-state index contributed by atoms with van der Waals surface area (Å²) in [5.41, 5.74) is 2.60. The number of aryl methyl sites for hydroxylation is 1. The van der Waals surface area contributed by atoms with E-state index < -0.39 is 0 Å². The van der Waals surface area contributed by atoms with Crippen LogP contribution >= 0.6 is 11.3 Å². The van der Waals surface area contributed by atoms with Crippen molar-refractivity contribution in [1.82, 2.24) is 14.8 Å². The molecular formula is C23H24N6OS. The molecule has 31 heavy (non-hydrogen) atoms. The van der Waals surface area contributed by atoms with Crippen molar-refractivity contribution in [3.8, 4) is 0 Å². The molecule has 7 nitrogen and oxygen atoms in total. The fraction of sp³-hybridized carbons (Fsp3) is 0.261. The van der Waals surface area contributed by atoms with Crippen LogP contribution in [0.3, 0.4) is 0 Å². The van der Waals surface area contributed by atoms with Crippen molar-refractivity contribution < 1.29 is 4.79 Å². The second kappa shape index (κ2) is 8.39. The molecule has 1 fully saturated rings. The first-order valence-electron chi connectivity index (χ1n) is 10.4. The number of piperidine rings is 1. The summed E-state index contributed by atoms with van der Waals surface area (Å²) in [5.74, 6) is 0.702. The number of carbonyl (C=O) groups excluding carboxylic acids is 1. The maximum atomic E-state index is 13.1. The van der Waals surface area contributed by atoms with E-state index >= 15 is 0 Å². The average Bonchev–Trinajstić information content (AvgIpc) is 3.41. The number of para-hydroxylation sites is 3. The third-order valence-electron chi connectivity index (χ3n) is 5.51. The minimum atomic E-state index is -0.0799. The molecule has 1 aliphatic heterocycles. The quantitative estimate of drug-likeness (QED) is 0.481. The average molecular weight is 433 g/mol. The normalized spacial score (nSPS) is 16.4. The molecule has 1 unspecified atom stereocenters. The van der Waals surface area contributed by atoms with Gasteiger partial charge >= 0.3 is 0 Å². The number of rotatable bonds is 5. The summed E-state index contributed by atoms with van der Waals surface area (Å²) in [6, 6.07) is 17.8. The van der Waals surface area contributed by atoms with E-state index in [-0.39, 0.29) is 11.8 Å². The summed E-state index contributed by atoms with van der Waals surface area (Å²) in [4.78, 5) is 20.1. The molecule has 1 aliphatic rings. The summed E-state index contributed by atoms with van der Waals surface area (Å²) in [6.07, 6.45) is 3.73. The van der Waals surface area contributed by atoms with Crippen LogP contribution in [0, 0.1) is 5.92 Å². The van der Waals surface area contributed by atoms with Gasteiger partial charge in [0, 0.05) is 32.4 Å². The van der Waals surface area contributed by atoms with Gasteiger partial charge in [-0.2, -0.15) is 5.10 Å². The van der Waals surface area contributed by atoms with Crippen molar-refractivity contribution in [3.63, 3.8) is 0 Å². The number of amides is 1. The Morgan fingerprint density at radius 3 is 2.71 bits per heavy atom. The van der Waals surface area contributed by atoms with Crippen LogP contribution in [0.15, 0.2) is 60.8 Å². The summed E-state index contributed by atoms with van der Waals surface area (Å²) >= 11 is 1.69. The maximum Gasteiger partial charge on any atom is 0.229 e. The van der Waals surface area contributed by atoms with Gasteiger partial charge in [0.2, 0.25) is 5.91 Å². The summed E-state index contributed by atoms with van der Waals surface area (Å²) < 4.78 is 2.92. The van der Waals surface area contributed by atoms with Gasteiger partial charge in [0.1, 0.15) is 0 Å². The molecule has 2 aromatic heterocycles. The largest absolute Gasteiger partial charge is 0.347 e. The van der Waals surface area contributed by atoms with Crippen LogP contribution in [0.4, 0.5) is 22.3 Å². The Morgan fingerprint density at radius 1 is 1.10 bits per heavy atom. The Kier molecular flexibility index (Phi) is 5.30. The lowest BCUT2D eigenvalue weighted by molar-refractivity contribution is -0.120. The molecule has 2 N–H and O–H groups in total. The number of hydrogen-bond donors (Lipinski definition) is 2. The first-order chi connectivity index (χ1) is 15.2. The fourth-order valence-electron chi connectivity index (χ4n) is 3.92. The smallest absolute Gasteiger partial charge is 0.229 e. The number of nitrogens with zero attached hydrogens (tertiary/aromatic N) is 4. The predicted molar refractivity (Wildman–Crippen MR) is 126 cm³/mol. The van der Waals surface area contributed by atoms with Gasteiger partial charge in [-0.05, 0) is 37.1 Å². The van der Waals surface area contributed by atoms with Crippen molar-refractivity contribution in [2.75, 3.05) is 28.6 Å². The van der Waals surface area contributed by atoms with E-state index in [2.05, 4.69) is 26.7 Å². The van der Waals surface area contributed by atoms with Gasteiger partial charge in [-0.1, -0.05) is 35.6 Å². The van der Waals surface area contributed by atoms with Gasteiger partial charge in [0.15, 0.2) is 10.9 Å². The molecule has 1 amide bonds. The van der Waals surface area contributed by atoms with Crippen molar-refractivity contribution >= 4 is 49.8 Å². The Balaban J connectivity index is 1.29. The summed E-state index contributed by atoms with van der Waals surface area (Å²) in [6.45, 7) is 1.61.